The number of para-hydroxylation sites is 1. The smallest absolute Gasteiger partial charge is 0.227 e. The van der Waals surface area contributed by atoms with Crippen molar-refractivity contribution >= 4 is 86.2 Å². The molecule has 0 bridgehead atoms. The summed E-state index contributed by atoms with van der Waals surface area (Å²) in [6, 6.07) is 55.4. The molecule has 0 N–H and O–H groups in total. The Bertz CT molecular complexity index is 3520. The molecule has 0 aliphatic rings. The third-order valence-electron chi connectivity index (χ3n) is 10.7. The Labute approximate surface area is 317 Å². The third-order valence-corrected chi connectivity index (χ3v) is 11.8. The lowest BCUT2D eigenvalue weighted by molar-refractivity contribution is 0.654. The SMILES string of the molecule is c1cc(-c2nc(-c3ccc4c(c3)oc3ncccc34)nc(-c3cccc4sc5ccccc5c34)n2)cc(-n2c3ccccc3c3cc4ccccc4cc32)c1. The van der Waals surface area contributed by atoms with Gasteiger partial charge in [-0.2, -0.15) is 0 Å². The second-order valence-corrected chi connectivity index (χ2v) is 15.0. The minimum Gasteiger partial charge on any atom is -0.438 e. The molecule has 0 saturated carbocycles. The normalized spacial score (nSPS) is 12.0. The lowest BCUT2D eigenvalue weighted by Gasteiger charge is -2.12. The largest absolute Gasteiger partial charge is 0.438 e. The zero-order chi connectivity index (χ0) is 36.0. The summed E-state index contributed by atoms with van der Waals surface area (Å²) in [4.78, 5) is 20.1. The van der Waals surface area contributed by atoms with Crippen LogP contribution in [0.25, 0.3) is 115 Å². The van der Waals surface area contributed by atoms with Crippen LogP contribution in [0, 0.1) is 0 Å². The number of pyridine rings is 1. The van der Waals surface area contributed by atoms with Gasteiger partial charge in [-0.15, -0.1) is 11.3 Å². The van der Waals surface area contributed by atoms with Gasteiger partial charge in [0.05, 0.1) is 11.0 Å². The van der Waals surface area contributed by atoms with Crippen LogP contribution in [-0.4, -0.2) is 24.5 Å². The highest BCUT2D eigenvalue weighted by Crippen LogP contribution is 2.41. The fourth-order valence-corrected chi connectivity index (χ4v) is 9.31. The Hall–Kier alpha value is -7.22. The number of benzene rings is 7. The molecule has 256 valence electrons. The van der Waals surface area contributed by atoms with Crippen molar-refractivity contribution in [2.45, 2.75) is 0 Å². The zero-order valence-electron chi connectivity index (χ0n) is 29.1. The highest BCUT2D eigenvalue weighted by molar-refractivity contribution is 7.25. The van der Waals surface area contributed by atoms with E-state index in [1.165, 1.54) is 36.3 Å². The number of hydrogen-bond donors (Lipinski definition) is 0. The Balaban J connectivity index is 1.09. The van der Waals surface area contributed by atoms with Gasteiger partial charge in [-0.1, -0.05) is 91.0 Å². The topological polar surface area (TPSA) is 69.6 Å². The molecule has 5 heterocycles. The molecule has 0 amide bonds. The highest BCUT2D eigenvalue weighted by Gasteiger charge is 2.19. The Morgan fingerprint density at radius 3 is 2.11 bits per heavy atom. The van der Waals surface area contributed by atoms with Crippen molar-refractivity contribution in [1.29, 1.82) is 0 Å². The Morgan fingerprint density at radius 1 is 0.473 bits per heavy atom. The second kappa shape index (κ2) is 11.6. The van der Waals surface area contributed by atoms with Crippen molar-refractivity contribution < 1.29 is 4.42 Å². The minimum atomic E-state index is 0.570. The maximum Gasteiger partial charge on any atom is 0.227 e. The molecule has 0 unspecified atom stereocenters. The van der Waals surface area contributed by atoms with E-state index in [-0.39, 0.29) is 0 Å². The van der Waals surface area contributed by atoms with Gasteiger partial charge in [0, 0.05) is 70.3 Å². The summed E-state index contributed by atoms with van der Waals surface area (Å²) in [5.41, 5.74) is 7.38. The summed E-state index contributed by atoms with van der Waals surface area (Å²) in [6.45, 7) is 0. The van der Waals surface area contributed by atoms with Crippen LogP contribution in [0.2, 0.25) is 0 Å². The molecule has 0 spiro atoms. The molecule has 12 aromatic rings. The monoisotopic (exact) mass is 721 g/mol. The summed E-state index contributed by atoms with van der Waals surface area (Å²) in [5.74, 6) is 1.78. The maximum atomic E-state index is 6.21. The van der Waals surface area contributed by atoms with Gasteiger partial charge in [-0.05, 0) is 77.5 Å². The van der Waals surface area contributed by atoms with Crippen molar-refractivity contribution in [2.75, 3.05) is 0 Å². The molecule has 0 saturated heterocycles. The quantitative estimate of drug-likeness (QED) is 0.181. The van der Waals surface area contributed by atoms with Crippen molar-refractivity contribution in [3.8, 4) is 39.9 Å². The van der Waals surface area contributed by atoms with Crippen LogP contribution < -0.4 is 0 Å². The Kier molecular flexibility index (Phi) is 6.40. The van der Waals surface area contributed by atoms with Crippen LogP contribution in [0.5, 0.6) is 0 Å². The van der Waals surface area contributed by atoms with Gasteiger partial charge < -0.3 is 8.98 Å². The average Bonchev–Trinajstić information content (AvgIpc) is 3.92. The van der Waals surface area contributed by atoms with Gasteiger partial charge in [-0.3, -0.25) is 0 Å². The van der Waals surface area contributed by atoms with E-state index in [1.807, 2.05) is 18.2 Å². The van der Waals surface area contributed by atoms with E-state index in [1.54, 1.807) is 17.5 Å². The lowest BCUT2D eigenvalue weighted by atomic mass is 10.1. The van der Waals surface area contributed by atoms with Gasteiger partial charge in [0.15, 0.2) is 17.5 Å². The number of thiophene rings is 1. The molecule has 6 nitrogen and oxygen atoms in total. The van der Waals surface area contributed by atoms with Gasteiger partial charge in [0.2, 0.25) is 5.71 Å². The minimum absolute atomic E-state index is 0.570. The Morgan fingerprint density at radius 2 is 1.20 bits per heavy atom. The van der Waals surface area contributed by atoms with Crippen molar-refractivity contribution in [3.63, 3.8) is 0 Å². The molecule has 7 heteroatoms. The molecule has 12 rings (SSSR count). The molecular weight excluding hydrogens is 695 g/mol. The summed E-state index contributed by atoms with van der Waals surface area (Å²) in [6.07, 6.45) is 1.75. The zero-order valence-corrected chi connectivity index (χ0v) is 30.0. The lowest BCUT2D eigenvalue weighted by Crippen LogP contribution is -2.01. The maximum absolute atomic E-state index is 6.21. The number of furan rings is 1. The van der Waals surface area contributed by atoms with Crippen LogP contribution in [-0.2, 0) is 0 Å². The van der Waals surface area contributed by atoms with Gasteiger partial charge in [0.25, 0.3) is 0 Å². The first-order valence-corrected chi connectivity index (χ1v) is 19.0. The predicted molar refractivity (Wildman–Crippen MR) is 226 cm³/mol. The molecule has 0 fully saturated rings. The first kappa shape index (κ1) is 30.3. The second-order valence-electron chi connectivity index (χ2n) is 13.9. The van der Waals surface area contributed by atoms with E-state index in [9.17, 15) is 0 Å². The fourth-order valence-electron chi connectivity index (χ4n) is 8.18. The number of fused-ring (bicyclic) bond motifs is 10. The summed E-state index contributed by atoms with van der Waals surface area (Å²) >= 11 is 1.79. The number of nitrogens with zero attached hydrogens (tertiary/aromatic N) is 5. The van der Waals surface area contributed by atoms with E-state index >= 15 is 0 Å². The van der Waals surface area contributed by atoms with Crippen LogP contribution in [0.3, 0.4) is 0 Å². The summed E-state index contributed by atoms with van der Waals surface area (Å²) < 4.78 is 11.0. The van der Waals surface area contributed by atoms with Gasteiger partial charge in [0.1, 0.15) is 5.58 Å². The van der Waals surface area contributed by atoms with E-state index in [0.29, 0.717) is 23.2 Å². The van der Waals surface area contributed by atoms with Crippen LogP contribution in [0.1, 0.15) is 0 Å². The van der Waals surface area contributed by atoms with E-state index < -0.39 is 0 Å². The molecule has 0 atom stereocenters. The predicted octanol–water partition coefficient (Wildman–Crippen LogP) is 12.8. The first-order valence-electron chi connectivity index (χ1n) is 18.2. The van der Waals surface area contributed by atoms with Crippen molar-refractivity contribution in [1.82, 2.24) is 24.5 Å². The first-order chi connectivity index (χ1) is 27.2. The number of hydrogen-bond acceptors (Lipinski definition) is 6. The number of rotatable bonds is 4. The van der Waals surface area contributed by atoms with Gasteiger partial charge in [-0.25, -0.2) is 19.9 Å². The highest BCUT2D eigenvalue weighted by atomic mass is 32.1. The number of aromatic nitrogens is 5. The van der Waals surface area contributed by atoms with Crippen LogP contribution in [0.15, 0.2) is 168 Å². The van der Waals surface area contributed by atoms with E-state index in [4.69, 9.17) is 19.4 Å². The van der Waals surface area contributed by atoms with E-state index in [0.717, 1.165) is 55.2 Å². The molecular formula is C48H27N5OS. The van der Waals surface area contributed by atoms with Crippen LogP contribution in [0.4, 0.5) is 0 Å². The molecule has 5 aromatic heterocycles. The van der Waals surface area contributed by atoms with Crippen molar-refractivity contribution in [2.24, 2.45) is 0 Å². The molecule has 0 aliphatic carbocycles. The van der Waals surface area contributed by atoms with Crippen LogP contribution >= 0.6 is 11.3 Å². The van der Waals surface area contributed by atoms with E-state index in [2.05, 4.69) is 149 Å². The fraction of sp³-hybridized carbons (Fsp3) is 0. The molecule has 0 aliphatic heterocycles. The average molecular weight is 722 g/mol. The summed E-state index contributed by atoms with van der Waals surface area (Å²) in [5, 5.41) is 9.18. The summed E-state index contributed by atoms with van der Waals surface area (Å²) in [7, 11) is 0. The van der Waals surface area contributed by atoms with Gasteiger partial charge >= 0.3 is 0 Å². The standard InChI is InChI=1S/C48H27N5OS/c1-2-11-29-26-40-38(25-28(29)10-1)33-14-3-5-18-39(33)53(40)32-13-7-12-30(24-32)45-50-46(31-21-22-34-35-17-9-23-49-48(35)54-41(34)27-31)52-47(51-45)37-16-8-20-43-44(37)36-15-4-6-19-42(36)55-43/h1-27H. The third kappa shape index (κ3) is 4.67. The molecule has 55 heavy (non-hydrogen) atoms. The molecule has 0 radical (unpaired) electrons. The van der Waals surface area contributed by atoms with Crippen molar-refractivity contribution in [3.05, 3.63) is 164 Å². The molecule has 7 aromatic carbocycles.